The van der Waals surface area contributed by atoms with Crippen LogP contribution < -0.4 is 16.4 Å². The van der Waals surface area contributed by atoms with Crippen molar-refractivity contribution in [2.45, 2.75) is 52.4 Å². The average Bonchev–Trinajstić information content (AvgIpc) is 2.47. The third-order valence-electron chi connectivity index (χ3n) is 3.00. The zero-order valence-corrected chi connectivity index (χ0v) is 13.2. The molecule has 0 aromatic carbocycles. The van der Waals surface area contributed by atoms with Gasteiger partial charge in [-0.2, -0.15) is 15.0 Å². The van der Waals surface area contributed by atoms with E-state index in [0.717, 1.165) is 25.9 Å². The lowest BCUT2D eigenvalue weighted by Crippen LogP contribution is -2.28. The van der Waals surface area contributed by atoms with Crippen LogP contribution in [0.15, 0.2) is 0 Å². The molecule has 0 unspecified atom stereocenters. The molecule has 0 saturated heterocycles. The SMILES string of the molecule is C=O.CCCCCN(CCCCC)c1nc(N)nc(N)n1. The molecule has 0 fully saturated rings. The molecule has 0 atom stereocenters. The van der Waals surface area contributed by atoms with E-state index in [-0.39, 0.29) is 11.9 Å². The number of unbranched alkanes of at least 4 members (excludes halogenated alkanes) is 4. The molecule has 0 aliphatic heterocycles. The van der Waals surface area contributed by atoms with Crippen LogP contribution in [0.5, 0.6) is 0 Å². The molecule has 1 aromatic rings. The zero-order chi connectivity index (χ0) is 16.1. The van der Waals surface area contributed by atoms with E-state index in [1.54, 1.807) is 0 Å². The normalized spacial score (nSPS) is 9.81. The minimum Gasteiger partial charge on any atom is -0.368 e. The number of aromatic nitrogens is 3. The number of hydrogen-bond donors (Lipinski definition) is 2. The van der Waals surface area contributed by atoms with Gasteiger partial charge in [0.2, 0.25) is 17.8 Å². The van der Waals surface area contributed by atoms with Gasteiger partial charge in [0.25, 0.3) is 0 Å². The maximum absolute atomic E-state index is 8.00. The van der Waals surface area contributed by atoms with Gasteiger partial charge in [0, 0.05) is 13.1 Å². The Kier molecular flexibility index (Phi) is 10.8. The Labute approximate surface area is 127 Å². The highest BCUT2D eigenvalue weighted by atomic mass is 16.1. The molecule has 0 aliphatic carbocycles. The quantitative estimate of drug-likeness (QED) is 0.671. The summed E-state index contributed by atoms with van der Waals surface area (Å²) in [5.41, 5.74) is 11.3. The fourth-order valence-corrected chi connectivity index (χ4v) is 1.96. The van der Waals surface area contributed by atoms with Gasteiger partial charge < -0.3 is 21.2 Å². The summed E-state index contributed by atoms with van der Waals surface area (Å²) in [7, 11) is 0. The molecule has 1 aromatic heterocycles. The Morgan fingerprint density at radius 1 is 0.857 bits per heavy atom. The van der Waals surface area contributed by atoms with Crippen LogP contribution in [-0.4, -0.2) is 34.8 Å². The lowest BCUT2D eigenvalue weighted by molar-refractivity contribution is -0.0979. The molecule has 120 valence electrons. The van der Waals surface area contributed by atoms with Crippen LogP contribution in [0.3, 0.4) is 0 Å². The first-order valence-corrected chi connectivity index (χ1v) is 7.48. The fraction of sp³-hybridized carbons (Fsp3) is 0.714. The van der Waals surface area contributed by atoms with E-state index >= 15 is 0 Å². The maximum atomic E-state index is 8.00. The third kappa shape index (κ3) is 8.06. The van der Waals surface area contributed by atoms with Gasteiger partial charge in [-0.25, -0.2) is 0 Å². The molecule has 4 N–H and O–H groups in total. The van der Waals surface area contributed by atoms with Crippen LogP contribution in [-0.2, 0) is 4.79 Å². The second kappa shape index (κ2) is 11.9. The number of hydrogen-bond acceptors (Lipinski definition) is 7. The molecule has 7 nitrogen and oxygen atoms in total. The van der Waals surface area contributed by atoms with E-state index in [2.05, 4.69) is 33.7 Å². The van der Waals surface area contributed by atoms with E-state index in [4.69, 9.17) is 16.3 Å². The molecule has 0 aliphatic rings. The van der Waals surface area contributed by atoms with Crippen molar-refractivity contribution in [3.05, 3.63) is 0 Å². The molecular weight excluding hydrogens is 268 g/mol. The predicted octanol–water partition coefficient (Wildman–Crippen LogP) is 2.04. The molecule has 1 rings (SSSR count). The summed E-state index contributed by atoms with van der Waals surface area (Å²) < 4.78 is 0. The van der Waals surface area contributed by atoms with Crippen molar-refractivity contribution < 1.29 is 4.79 Å². The van der Waals surface area contributed by atoms with E-state index in [1.165, 1.54) is 25.7 Å². The number of carbonyl (C=O) groups is 1. The Bertz CT molecular complexity index is 357. The molecule has 0 amide bonds. The van der Waals surface area contributed by atoms with Crippen molar-refractivity contribution in [1.82, 2.24) is 15.0 Å². The van der Waals surface area contributed by atoms with Crippen molar-refractivity contribution in [1.29, 1.82) is 0 Å². The molecule has 1 heterocycles. The summed E-state index contributed by atoms with van der Waals surface area (Å²) in [4.78, 5) is 22.4. The van der Waals surface area contributed by atoms with E-state index in [9.17, 15) is 0 Å². The van der Waals surface area contributed by atoms with Crippen molar-refractivity contribution in [3.63, 3.8) is 0 Å². The Morgan fingerprint density at radius 2 is 1.29 bits per heavy atom. The molecule has 7 heteroatoms. The summed E-state index contributed by atoms with van der Waals surface area (Å²) >= 11 is 0. The summed E-state index contributed by atoms with van der Waals surface area (Å²) in [5, 5.41) is 0. The van der Waals surface area contributed by atoms with E-state index < -0.39 is 0 Å². The van der Waals surface area contributed by atoms with Crippen LogP contribution >= 0.6 is 0 Å². The van der Waals surface area contributed by atoms with Crippen molar-refractivity contribution in [3.8, 4) is 0 Å². The molecule has 0 bridgehead atoms. The molecular formula is C14H28N6O. The number of anilines is 3. The maximum Gasteiger partial charge on any atom is 0.231 e. The van der Waals surface area contributed by atoms with E-state index in [1.807, 2.05) is 6.79 Å². The molecule has 0 radical (unpaired) electrons. The van der Waals surface area contributed by atoms with Crippen molar-refractivity contribution in [2.75, 3.05) is 29.5 Å². The van der Waals surface area contributed by atoms with Crippen LogP contribution in [0.2, 0.25) is 0 Å². The summed E-state index contributed by atoms with van der Waals surface area (Å²) in [5.74, 6) is 0.995. The van der Waals surface area contributed by atoms with Gasteiger partial charge in [0.1, 0.15) is 6.79 Å². The predicted molar refractivity (Wildman–Crippen MR) is 87.0 cm³/mol. The lowest BCUT2D eigenvalue weighted by atomic mass is 10.2. The lowest BCUT2D eigenvalue weighted by Gasteiger charge is -2.22. The Morgan fingerprint density at radius 3 is 1.67 bits per heavy atom. The van der Waals surface area contributed by atoms with Gasteiger partial charge in [-0.15, -0.1) is 0 Å². The standard InChI is InChI=1S/C13H26N6.CH2O/c1-3-5-7-9-19(10-8-6-4-2)13-17-11(14)16-12(15)18-13;1-2/h3-10H2,1-2H3,(H4,14,15,16,17,18);1H2. The van der Waals surface area contributed by atoms with Gasteiger partial charge in [-0.05, 0) is 12.8 Å². The highest BCUT2D eigenvalue weighted by molar-refractivity contribution is 5.39. The largest absolute Gasteiger partial charge is 0.368 e. The van der Waals surface area contributed by atoms with Crippen LogP contribution in [0.25, 0.3) is 0 Å². The van der Waals surface area contributed by atoms with Gasteiger partial charge in [0.15, 0.2) is 0 Å². The number of rotatable bonds is 9. The number of nitrogen functional groups attached to an aromatic ring is 2. The number of nitrogens with zero attached hydrogens (tertiary/aromatic N) is 4. The van der Waals surface area contributed by atoms with Gasteiger partial charge in [-0.1, -0.05) is 39.5 Å². The second-order valence-corrected chi connectivity index (χ2v) is 4.75. The van der Waals surface area contributed by atoms with Gasteiger partial charge in [0.05, 0.1) is 0 Å². The first kappa shape index (κ1) is 19.1. The first-order chi connectivity index (χ1) is 10.2. The van der Waals surface area contributed by atoms with Gasteiger partial charge in [-0.3, -0.25) is 0 Å². The van der Waals surface area contributed by atoms with Crippen LogP contribution in [0.1, 0.15) is 52.4 Å². The zero-order valence-electron chi connectivity index (χ0n) is 13.2. The second-order valence-electron chi connectivity index (χ2n) is 4.75. The Hall–Kier alpha value is -1.92. The van der Waals surface area contributed by atoms with E-state index in [0.29, 0.717) is 5.95 Å². The smallest absolute Gasteiger partial charge is 0.231 e. The monoisotopic (exact) mass is 296 g/mol. The van der Waals surface area contributed by atoms with Crippen LogP contribution in [0, 0.1) is 0 Å². The molecule has 21 heavy (non-hydrogen) atoms. The van der Waals surface area contributed by atoms with Gasteiger partial charge >= 0.3 is 0 Å². The Balaban J connectivity index is 0.00000191. The topological polar surface area (TPSA) is 111 Å². The molecule has 0 saturated carbocycles. The first-order valence-electron chi connectivity index (χ1n) is 7.48. The van der Waals surface area contributed by atoms with Crippen molar-refractivity contribution in [2.24, 2.45) is 0 Å². The minimum absolute atomic E-state index is 0.193. The summed E-state index contributed by atoms with van der Waals surface area (Å²) in [6.07, 6.45) is 7.08. The minimum atomic E-state index is 0.193. The van der Waals surface area contributed by atoms with Crippen LogP contribution in [0.4, 0.5) is 17.8 Å². The third-order valence-corrected chi connectivity index (χ3v) is 3.00. The highest BCUT2D eigenvalue weighted by Gasteiger charge is 2.11. The number of carbonyl (C=O) groups excluding carboxylic acids is 1. The average molecular weight is 296 g/mol. The summed E-state index contributed by atoms with van der Waals surface area (Å²) in [6, 6.07) is 0. The fourth-order valence-electron chi connectivity index (χ4n) is 1.96. The summed E-state index contributed by atoms with van der Waals surface area (Å²) in [6.45, 7) is 8.28. The molecule has 0 spiro atoms. The number of nitrogens with two attached hydrogens (primary N) is 2. The highest BCUT2D eigenvalue weighted by Crippen LogP contribution is 2.13. The van der Waals surface area contributed by atoms with Crippen molar-refractivity contribution >= 4 is 24.6 Å².